The van der Waals surface area contributed by atoms with E-state index < -0.39 is 17.7 Å². The molecule has 2 fully saturated rings. The number of halogens is 2. The molecule has 9 nitrogen and oxygen atoms in total. The first-order valence-electron chi connectivity index (χ1n) is 9.44. The normalized spacial score (nSPS) is 19.2. The fraction of sp³-hybridized carbons (Fsp3) is 0.526. The number of aliphatic imine (C=N–C) groups is 1. The molecule has 0 spiro atoms. The number of piperidine rings is 1. The molecule has 11 heteroatoms. The number of nitrogens with two attached hydrogens (primary N) is 2. The second kappa shape index (κ2) is 12.6. The molecular weight excluding hydrogens is 398 g/mol. The predicted octanol–water partition coefficient (Wildman–Crippen LogP) is 1.24. The number of likely N-dealkylation sites (tertiary alicyclic amines) is 1. The summed E-state index contributed by atoms with van der Waals surface area (Å²) in [6.07, 6.45) is 7.84. The van der Waals surface area contributed by atoms with Crippen LogP contribution in [0, 0.1) is 16.7 Å². The number of nitrogens with zero attached hydrogens (tertiary/aromatic N) is 2. The van der Waals surface area contributed by atoms with Crippen molar-refractivity contribution >= 4 is 29.8 Å². The number of ether oxygens (including phenoxy) is 1. The third-order valence-electron chi connectivity index (χ3n) is 4.13. The first-order valence-corrected chi connectivity index (χ1v) is 9.44. The van der Waals surface area contributed by atoms with E-state index in [0.717, 1.165) is 25.1 Å². The van der Waals surface area contributed by atoms with Crippen molar-refractivity contribution in [2.24, 2.45) is 22.4 Å². The van der Waals surface area contributed by atoms with Gasteiger partial charge in [-0.2, -0.15) is 4.99 Å². The van der Waals surface area contributed by atoms with E-state index >= 15 is 0 Å². The third-order valence-corrected chi connectivity index (χ3v) is 4.13. The summed E-state index contributed by atoms with van der Waals surface area (Å²) in [6, 6.07) is 0. The van der Waals surface area contributed by atoms with Gasteiger partial charge in [0.05, 0.1) is 13.2 Å². The molecule has 0 aromatic heterocycles. The van der Waals surface area contributed by atoms with Crippen LogP contribution < -0.4 is 11.5 Å². The second-order valence-corrected chi connectivity index (χ2v) is 6.94. The van der Waals surface area contributed by atoms with Crippen molar-refractivity contribution in [2.75, 3.05) is 26.2 Å². The lowest BCUT2D eigenvalue weighted by molar-refractivity contribution is -0.121. The Labute approximate surface area is 173 Å². The van der Waals surface area contributed by atoms with Crippen LogP contribution in [-0.4, -0.2) is 66.8 Å². The summed E-state index contributed by atoms with van der Waals surface area (Å²) in [5.41, 5.74) is 10.2. The summed E-state index contributed by atoms with van der Waals surface area (Å²) in [6.45, 7) is 0.840. The Morgan fingerprint density at radius 1 is 1.17 bits per heavy atom. The number of hydrogen-bond acceptors (Lipinski definition) is 6. The van der Waals surface area contributed by atoms with Gasteiger partial charge in [0.15, 0.2) is 0 Å². The minimum Gasteiger partial charge on any atom is -0.478 e. The Morgan fingerprint density at radius 2 is 1.80 bits per heavy atom. The lowest BCUT2D eigenvalue weighted by Crippen LogP contribution is -2.41. The summed E-state index contributed by atoms with van der Waals surface area (Å²) in [4.78, 5) is 26.8. The Hall–Kier alpha value is -2.95. The van der Waals surface area contributed by atoms with Gasteiger partial charge >= 0.3 is 0 Å². The molecule has 1 heterocycles. The van der Waals surface area contributed by atoms with Gasteiger partial charge in [0.25, 0.3) is 11.8 Å². The zero-order valence-electron chi connectivity index (χ0n) is 16.7. The second-order valence-electron chi connectivity index (χ2n) is 6.94. The van der Waals surface area contributed by atoms with Crippen molar-refractivity contribution in [3.63, 3.8) is 0 Å². The molecule has 0 aromatic rings. The number of amides is 2. The van der Waals surface area contributed by atoms with E-state index in [0.29, 0.717) is 12.5 Å². The van der Waals surface area contributed by atoms with Gasteiger partial charge in [-0.1, -0.05) is 0 Å². The number of amidine groups is 1. The first kappa shape index (κ1) is 25.1. The number of rotatable bonds is 8. The van der Waals surface area contributed by atoms with Crippen LogP contribution in [0.1, 0.15) is 25.7 Å². The molecule has 0 aromatic carbocycles. The highest BCUT2D eigenvalue weighted by atomic mass is 19.3. The lowest BCUT2D eigenvalue weighted by Gasteiger charge is -2.30. The fourth-order valence-corrected chi connectivity index (χ4v) is 2.29. The molecule has 0 bridgehead atoms. The van der Waals surface area contributed by atoms with E-state index in [4.69, 9.17) is 21.3 Å². The van der Waals surface area contributed by atoms with Crippen LogP contribution in [0.15, 0.2) is 29.3 Å². The highest BCUT2D eigenvalue weighted by Crippen LogP contribution is 2.29. The van der Waals surface area contributed by atoms with Gasteiger partial charge in [-0.05, 0) is 30.9 Å². The van der Waals surface area contributed by atoms with Crippen molar-refractivity contribution in [3.8, 4) is 0 Å². The molecule has 166 valence electrons. The maximum absolute atomic E-state index is 13.0. The van der Waals surface area contributed by atoms with Crippen LogP contribution in [0.4, 0.5) is 8.78 Å². The molecule has 2 rings (SSSR count). The maximum atomic E-state index is 13.0. The number of nitrogens with one attached hydrogen (secondary N) is 2. The van der Waals surface area contributed by atoms with Gasteiger partial charge in [0.2, 0.25) is 11.8 Å². The minimum atomic E-state index is -2.63. The van der Waals surface area contributed by atoms with E-state index in [-0.39, 0.29) is 44.2 Å². The molecule has 1 aliphatic carbocycles. The van der Waals surface area contributed by atoms with Gasteiger partial charge < -0.3 is 21.6 Å². The standard InChI is InChI=1S/C15H22F2N4O2.C4H6N2O/c16-15(17)5-7-21(8-6-15)9-14(22)20-12(18)3-4-13(19)23-10-11-1-2-11;5-3-1-2-4(6)7/h3-4,11,19H,1-2,5-10H2,(H2,18,20,22);1-3,5H,(H2,6,7)/b4-3-,19-13?;2-1-,5-3?. The smallest absolute Gasteiger partial charge is 0.261 e. The molecule has 6 N–H and O–H groups in total. The van der Waals surface area contributed by atoms with Gasteiger partial charge in [0, 0.05) is 44.3 Å². The quantitative estimate of drug-likeness (QED) is 0.261. The molecule has 2 amide bonds. The largest absolute Gasteiger partial charge is 0.478 e. The average Bonchev–Trinajstić information content (AvgIpc) is 3.49. The summed E-state index contributed by atoms with van der Waals surface area (Å²) in [5, 5.41) is 13.9. The Bertz CT molecular complexity index is 707. The maximum Gasteiger partial charge on any atom is 0.261 e. The molecule has 0 radical (unpaired) electrons. The molecule has 1 saturated heterocycles. The number of carbonyl (C=O) groups excluding carboxylic acids is 2. The van der Waals surface area contributed by atoms with Gasteiger partial charge in [0.1, 0.15) is 5.84 Å². The van der Waals surface area contributed by atoms with Crippen LogP contribution in [0.2, 0.25) is 0 Å². The summed E-state index contributed by atoms with van der Waals surface area (Å²) in [5.74, 6) is -3.15. The Balaban J connectivity index is 0.000000553. The van der Waals surface area contributed by atoms with Gasteiger partial charge in [-0.25, -0.2) is 8.78 Å². The molecular formula is C19H28F2N6O3. The van der Waals surface area contributed by atoms with Crippen LogP contribution in [0.3, 0.4) is 0 Å². The number of allylic oxidation sites excluding steroid dienone is 1. The molecule has 1 aliphatic heterocycles. The number of hydrogen-bond donors (Lipinski definition) is 4. The zero-order valence-corrected chi connectivity index (χ0v) is 16.7. The van der Waals surface area contributed by atoms with Crippen LogP contribution in [-0.2, 0) is 14.3 Å². The molecule has 30 heavy (non-hydrogen) atoms. The van der Waals surface area contributed by atoms with Crippen LogP contribution in [0.5, 0.6) is 0 Å². The Morgan fingerprint density at radius 3 is 2.30 bits per heavy atom. The summed E-state index contributed by atoms with van der Waals surface area (Å²) in [7, 11) is 0. The van der Waals surface area contributed by atoms with E-state index in [1.54, 1.807) is 4.90 Å². The van der Waals surface area contributed by atoms with E-state index in [1.165, 1.54) is 18.2 Å². The van der Waals surface area contributed by atoms with Crippen LogP contribution in [0.25, 0.3) is 0 Å². The summed E-state index contributed by atoms with van der Waals surface area (Å²) >= 11 is 0. The zero-order chi connectivity index (χ0) is 22.6. The minimum absolute atomic E-state index is 0.0271. The predicted molar refractivity (Wildman–Crippen MR) is 110 cm³/mol. The van der Waals surface area contributed by atoms with Crippen molar-refractivity contribution < 1.29 is 23.1 Å². The third kappa shape index (κ3) is 12.5. The Kier molecular flexibility index (Phi) is 10.5. The van der Waals surface area contributed by atoms with Gasteiger partial charge in [-0.3, -0.25) is 19.9 Å². The fourth-order valence-electron chi connectivity index (χ4n) is 2.29. The van der Waals surface area contributed by atoms with Crippen molar-refractivity contribution in [1.82, 2.24) is 4.90 Å². The molecule has 0 unspecified atom stereocenters. The molecule has 2 aliphatic rings. The topological polar surface area (TPSA) is 159 Å². The number of alkyl halides is 2. The van der Waals surface area contributed by atoms with Crippen molar-refractivity contribution in [1.29, 1.82) is 10.8 Å². The van der Waals surface area contributed by atoms with E-state index in [1.807, 2.05) is 0 Å². The highest BCUT2D eigenvalue weighted by Gasteiger charge is 2.34. The van der Waals surface area contributed by atoms with E-state index in [9.17, 15) is 18.4 Å². The average molecular weight is 426 g/mol. The highest BCUT2D eigenvalue weighted by molar-refractivity contribution is 6.03. The first-order chi connectivity index (χ1) is 14.1. The van der Waals surface area contributed by atoms with Crippen LogP contribution >= 0.6 is 0 Å². The lowest BCUT2D eigenvalue weighted by atomic mass is 10.1. The summed E-state index contributed by atoms with van der Waals surface area (Å²) < 4.78 is 31.2. The monoisotopic (exact) mass is 426 g/mol. The van der Waals surface area contributed by atoms with E-state index in [2.05, 4.69) is 10.7 Å². The SMILES string of the molecule is N=C(/C=C\C(N)=NC(=O)CN1CCC(F)(F)CC1)OCC1CC1.N=C/C=C\C(N)=O. The van der Waals surface area contributed by atoms with Crippen molar-refractivity contribution in [3.05, 3.63) is 24.3 Å². The number of primary amides is 1. The van der Waals surface area contributed by atoms with Gasteiger partial charge in [-0.15, -0.1) is 0 Å². The molecule has 0 atom stereocenters. The van der Waals surface area contributed by atoms with Crippen molar-refractivity contribution in [2.45, 2.75) is 31.6 Å². The molecule has 1 saturated carbocycles. The number of carbonyl (C=O) groups is 2.